The second kappa shape index (κ2) is 7.09. The number of nitrogens with zero attached hydrogens (tertiary/aromatic N) is 4. The Morgan fingerprint density at radius 3 is 1.71 bits per heavy atom. The monoisotopic (exact) mass is 610 g/mol. The average Bonchev–Trinajstić information content (AvgIpc) is 3.86. The number of pyridine rings is 2. The number of ether oxygens (including phenoxy) is 1. The quantitative estimate of drug-likeness (QED) is 0.124. The number of imidazole rings is 2. The fraction of sp³-hybridized carbons (Fsp3) is 0.0233. The van der Waals surface area contributed by atoms with Crippen molar-refractivity contribution in [2.45, 2.75) is 5.66 Å². The predicted molar refractivity (Wildman–Crippen MR) is 189 cm³/mol. The molecule has 48 heavy (non-hydrogen) atoms. The van der Waals surface area contributed by atoms with Crippen molar-refractivity contribution in [1.82, 2.24) is 8.80 Å². The van der Waals surface area contributed by atoms with Crippen molar-refractivity contribution in [3.63, 3.8) is 0 Å². The molecule has 5 heteroatoms. The van der Waals surface area contributed by atoms with Crippen molar-refractivity contribution in [2.24, 2.45) is 0 Å². The van der Waals surface area contributed by atoms with Gasteiger partial charge in [0.2, 0.25) is 0 Å². The summed E-state index contributed by atoms with van der Waals surface area (Å²) in [5, 5.41) is 10.1. The molecule has 1 unspecified atom stereocenters. The zero-order valence-corrected chi connectivity index (χ0v) is 25.4. The Hall–Kier alpha value is -6.46. The number of aromatic nitrogens is 4. The summed E-state index contributed by atoms with van der Waals surface area (Å²) < 4.78 is 17.4. The summed E-state index contributed by atoms with van der Waals surface area (Å²) in [5.74, 6) is 1.86. The molecule has 0 saturated heterocycles. The molecule has 0 bridgehead atoms. The molecule has 14 rings (SSSR count). The van der Waals surface area contributed by atoms with E-state index in [0.29, 0.717) is 0 Å². The van der Waals surface area contributed by atoms with E-state index in [9.17, 15) is 0 Å². The minimum Gasteiger partial charge on any atom is -0.456 e. The predicted octanol–water partition coefficient (Wildman–Crippen LogP) is 8.87. The van der Waals surface area contributed by atoms with Crippen LogP contribution in [0, 0.1) is 0 Å². The number of para-hydroxylation sites is 5. The number of benzene rings is 7. The molecule has 218 valence electrons. The Kier molecular flexibility index (Phi) is 3.39. The molecule has 0 radical (unpaired) electrons. The van der Waals surface area contributed by atoms with Crippen LogP contribution in [0.1, 0.15) is 11.1 Å². The fourth-order valence-electron chi connectivity index (χ4n) is 10.3. The minimum absolute atomic E-state index is 0.695. The van der Waals surface area contributed by atoms with Crippen molar-refractivity contribution in [3.05, 3.63) is 145 Å². The van der Waals surface area contributed by atoms with Crippen molar-refractivity contribution in [3.8, 4) is 11.5 Å². The first-order valence-corrected chi connectivity index (χ1v) is 16.6. The summed E-state index contributed by atoms with van der Waals surface area (Å²) in [4.78, 5) is 0. The molecule has 4 aromatic heterocycles. The number of rotatable bonds is 0. The van der Waals surface area contributed by atoms with Gasteiger partial charge in [0.05, 0.1) is 10.8 Å². The lowest BCUT2D eigenvalue weighted by Crippen LogP contribution is -2.71. The van der Waals surface area contributed by atoms with E-state index in [1.807, 2.05) is 0 Å². The van der Waals surface area contributed by atoms with Crippen molar-refractivity contribution in [1.29, 1.82) is 0 Å². The van der Waals surface area contributed by atoms with Crippen LogP contribution in [0.5, 0.6) is 11.5 Å². The lowest BCUT2D eigenvalue weighted by molar-refractivity contribution is -0.923. The highest BCUT2D eigenvalue weighted by Gasteiger charge is 2.67. The van der Waals surface area contributed by atoms with E-state index in [4.69, 9.17) is 4.74 Å². The maximum atomic E-state index is 7.02. The highest BCUT2D eigenvalue weighted by molar-refractivity contribution is 6.23. The summed E-state index contributed by atoms with van der Waals surface area (Å²) in [7, 11) is 0. The normalized spacial score (nSPS) is 17.0. The Morgan fingerprint density at radius 1 is 0.438 bits per heavy atom. The molecular weight excluding hydrogens is 589 g/mol. The van der Waals surface area contributed by atoms with Crippen molar-refractivity contribution in [2.75, 3.05) is 0 Å². The molecule has 1 atom stereocenters. The van der Waals surface area contributed by atoms with Gasteiger partial charge < -0.3 is 4.74 Å². The zero-order valence-electron chi connectivity index (χ0n) is 25.4. The van der Waals surface area contributed by atoms with Gasteiger partial charge in [-0.3, -0.25) is 0 Å². The maximum absolute atomic E-state index is 7.02. The van der Waals surface area contributed by atoms with Crippen LogP contribution in [0.2, 0.25) is 0 Å². The van der Waals surface area contributed by atoms with Gasteiger partial charge in [-0.2, -0.15) is 17.9 Å². The average molecular weight is 611 g/mol. The molecule has 3 aliphatic heterocycles. The Bertz CT molecular complexity index is 3440. The molecule has 0 fully saturated rings. The molecule has 7 heterocycles. The van der Waals surface area contributed by atoms with Crippen LogP contribution in [-0.4, -0.2) is 8.80 Å². The van der Waals surface area contributed by atoms with Gasteiger partial charge in [0.25, 0.3) is 0 Å². The van der Waals surface area contributed by atoms with Gasteiger partial charge in [-0.1, -0.05) is 72.8 Å². The molecule has 3 aliphatic rings. The third kappa shape index (κ3) is 2.07. The maximum Gasteiger partial charge on any atom is 0.316 e. The Labute approximate surface area is 271 Å². The minimum atomic E-state index is -0.695. The van der Waals surface area contributed by atoms with Crippen LogP contribution in [0.3, 0.4) is 0 Å². The molecule has 0 amide bonds. The van der Waals surface area contributed by atoms with Crippen LogP contribution in [0.25, 0.3) is 87.5 Å². The highest BCUT2D eigenvalue weighted by atomic mass is 16.5. The molecule has 5 nitrogen and oxygen atoms in total. The second-order valence-electron chi connectivity index (χ2n) is 13.7. The van der Waals surface area contributed by atoms with E-state index >= 15 is 0 Å². The van der Waals surface area contributed by atoms with E-state index in [0.717, 1.165) is 11.5 Å². The lowest BCUT2D eigenvalue weighted by atomic mass is 9.84. The Morgan fingerprint density at radius 2 is 0.979 bits per heavy atom. The van der Waals surface area contributed by atoms with Gasteiger partial charge in [-0.05, 0) is 66.0 Å². The van der Waals surface area contributed by atoms with Crippen LogP contribution in [0.4, 0.5) is 0 Å². The van der Waals surface area contributed by atoms with Gasteiger partial charge in [0.15, 0.2) is 22.1 Å². The van der Waals surface area contributed by atoms with E-state index < -0.39 is 5.66 Å². The highest BCUT2D eigenvalue weighted by Crippen LogP contribution is 2.59. The summed E-state index contributed by atoms with van der Waals surface area (Å²) in [6.45, 7) is 0. The molecule has 0 N–H and O–H groups in total. The van der Waals surface area contributed by atoms with Crippen LogP contribution < -0.4 is 13.9 Å². The molecule has 11 aromatic rings. The summed E-state index contributed by atoms with van der Waals surface area (Å²) in [6.07, 6.45) is 0. The second-order valence-corrected chi connectivity index (χ2v) is 13.7. The number of fused-ring (bicyclic) bond motifs is 14. The first-order valence-electron chi connectivity index (χ1n) is 16.6. The zero-order chi connectivity index (χ0) is 30.6. The summed E-state index contributed by atoms with van der Waals surface area (Å²) in [5.41, 5.74) is 11.5. The standard InChI is InChI=1S/C43H22N4O/c1-2-10-24-23(9-1)17-18-28-27-20-22-35-39-37(27)42-45(40(24)28)31-14-6-8-16-33(31)47(42)43(39)38-34(48-35)21-19-26-25-11-3-4-12-29(25)44-30-13-5-7-15-32(30)46(43)41(44)36(26)38/h1-22H/q+2. The lowest BCUT2D eigenvalue weighted by Gasteiger charge is -2.31. The van der Waals surface area contributed by atoms with Crippen LogP contribution in [0.15, 0.2) is 133 Å². The fourth-order valence-corrected chi connectivity index (χ4v) is 10.3. The largest absolute Gasteiger partial charge is 0.456 e. The van der Waals surface area contributed by atoms with Gasteiger partial charge in [0, 0.05) is 26.9 Å². The molecular formula is C43H22N4O+2. The van der Waals surface area contributed by atoms with Gasteiger partial charge in [-0.25, -0.2) is 0 Å². The topological polar surface area (TPSA) is 25.8 Å². The third-order valence-electron chi connectivity index (χ3n) is 11.8. The first kappa shape index (κ1) is 23.0. The Balaban J connectivity index is 1.37. The molecule has 0 aliphatic carbocycles. The van der Waals surface area contributed by atoms with Crippen LogP contribution >= 0.6 is 0 Å². The SMILES string of the molecule is c1ccc2c(c1)ccc1c3ccc4c5c3c3n(c6ccccc6[n+]3C53c5c(ccc6c7ccccc7n7c8ccccc8[n+]3c7c56)O4)c21. The van der Waals surface area contributed by atoms with Crippen LogP contribution in [-0.2, 0) is 5.66 Å². The summed E-state index contributed by atoms with van der Waals surface area (Å²) >= 11 is 0. The van der Waals surface area contributed by atoms with E-state index in [2.05, 4.69) is 151 Å². The van der Waals surface area contributed by atoms with Gasteiger partial charge in [-0.15, -0.1) is 0 Å². The number of hydrogen-bond donors (Lipinski definition) is 0. The van der Waals surface area contributed by atoms with E-state index in [1.54, 1.807) is 0 Å². The van der Waals surface area contributed by atoms with Gasteiger partial charge >= 0.3 is 17.0 Å². The third-order valence-corrected chi connectivity index (χ3v) is 11.8. The molecule has 1 spiro atoms. The van der Waals surface area contributed by atoms with Gasteiger partial charge in [0.1, 0.15) is 33.7 Å². The van der Waals surface area contributed by atoms with E-state index in [1.165, 1.54) is 98.6 Å². The van der Waals surface area contributed by atoms with E-state index in [-0.39, 0.29) is 0 Å². The first-order chi connectivity index (χ1) is 23.9. The van der Waals surface area contributed by atoms with Crippen molar-refractivity contribution >= 4 is 87.5 Å². The molecule has 0 saturated carbocycles. The van der Waals surface area contributed by atoms with Crippen molar-refractivity contribution < 1.29 is 13.9 Å². The number of hydrogen-bond acceptors (Lipinski definition) is 1. The molecule has 7 aromatic carbocycles. The smallest absolute Gasteiger partial charge is 0.316 e. The summed E-state index contributed by atoms with van der Waals surface area (Å²) in [6, 6.07) is 49.2.